The molecule has 0 heterocycles. The molecule has 1 heteroatoms. The highest BCUT2D eigenvalue weighted by Gasteiger charge is 1.84. The Kier molecular flexibility index (Phi) is 2.34. The Morgan fingerprint density at radius 3 is 2.00 bits per heavy atom. The number of hydrogen-bond donors (Lipinski definition) is 0. The van der Waals surface area contributed by atoms with Crippen LogP contribution in [0.2, 0.25) is 0 Å². The van der Waals surface area contributed by atoms with Crippen LogP contribution in [0.1, 0.15) is 13.8 Å². The monoisotopic (exact) mass is 100 g/mol. The third-order valence-corrected chi connectivity index (χ3v) is 0.850. The van der Waals surface area contributed by atoms with Gasteiger partial charge in [-0.25, -0.2) is 4.39 Å². The molecule has 0 aromatic carbocycles. The van der Waals surface area contributed by atoms with Crippen LogP contribution in [0.4, 0.5) is 4.39 Å². The quantitative estimate of drug-likeness (QED) is 0.444. The first kappa shape index (κ1) is 6.41. The Hall–Kier alpha value is -0.590. The van der Waals surface area contributed by atoms with Gasteiger partial charge in [0.1, 0.15) is 0 Å². The van der Waals surface area contributed by atoms with Crippen molar-refractivity contribution in [2.45, 2.75) is 13.8 Å². The van der Waals surface area contributed by atoms with Crippen molar-refractivity contribution in [1.82, 2.24) is 0 Å². The second kappa shape index (κ2) is 2.56. The summed E-state index contributed by atoms with van der Waals surface area (Å²) >= 11 is 0. The number of halogens is 1. The van der Waals surface area contributed by atoms with Crippen LogP contribution in [0.15, 0.2) is 24.1 Å². The Labute approximate surface area is 43.4 Å². The van der Waals surface area contributed by atoms with E-state index in [-0.39, 0.29) is 5.83 Å². The molecule has 0 amide bonds. The van der Waals surface area contributed by atoms with E-state index < -0.39 is 0 Å². The molecule has 0 fully saturated rings. The third kappa shape index (κ3) is 2.15. The van der Waals surface area contributed by atoms with Crippen molar-refractivity contribution in [2.24, 2.45) is 0 Å². The molecule has 40 valence electrons. The molecule has 0 aliphatic carbocycles. The predicted octanol–water partition coefficient (Wildman–Crippen LogP) is 2.44. The van der Waals surface area contributed by atoms with Crippen LogP contribution in [-0.2, 0) is 0 Å². The summed E-state index contributed by atoms with van der Waals surface area (Å²) < 4.78 is 11.9. The molecule has 0 atom stereocenters. The zero-order chi connectivity index (χ0) is 5.86. The van der Waals surface area contributed by atoms with Gasteiger partial charge in [-0.15, -0.1) is 0 Å². The zero-order valence-corrected chi connectivity index (χ0v) is 4.66. The van der Waals surface area contributed by atoms with Gasteiger partial charge in [-0.05, 0) is 19.4 Å². The van der Waals surface area contributed by atoms with Crippen molar-refractivity contribution in [3.63, 3.8) is 0 Å². The maximum atomic E-state index is 11.9. The molecule has 0 rings (SSSR count). The van der Waals surface area contributed by atoms with Gasteiger partial charge in [0.25, 0.3) is 0 Å². The van der Waals surface area contributed by atoms with Gasteiger partial charge in [0, 0.05) is 0 Å². The number of allylic oxidation sites excluding steroid dienone is 3. The van der Waals surface area contributed by atoms with Gasteiger partial charge in [-0.1, -0.05) is 12.7 Å². The number of hydrogen-bond acceptors (Lipinski definition) is 0. The fourth-order valence-electron chi connectivity index (χ4n) is 0.141. The molecule has 0 aromatic rings. The summed E-state index contributed by atoms with van der Waals surface area (Å²) in [7, 11) is 0. The normalized spacial score (nSPS) is 13.0. The Morgan fingerprint density at radius 1 is 1.57 bits per heavy atom. The summed E-state index contributed by atoms with van der Waals surface area (Å²) in [6.45, 7) is 6.48. The largest absolute Gasteiger partial charge is 0.212 e. The lowest BCUT2D eigenvalue weighted by Crippen LogP contribution is -1.67. The van der Waals surface area contributed by atoms with Crippen LogP contribution in [0.25, 0.3) is 0 Å². The Morgan fingerprint density at radius 2 is 2.00 bits per heavy atom. The first-order valence-corrected chi connectivity index (χ1v) is 2.14. The summed E-state index contributed by atoms with van der Waals surface area (Å²) in [6.07, 6.45) is 1.50. The topological polar surface area (TPSA) is 0 Å². The maximum absolute atomic E-state index is 11.9. The smallest absolute Gasteiger partial charge is 0.0997 e. The molecular formula is C6H9F. The van der Waals surface area contributed by atoms with Crippen molar-refractivity contribution < 1.29 is 4.39 Å². The van der Waals surface area contributed by atoms with Gasteiger partial charge in [-0.3, -0.25) is 0 Å². The fraction of sp³-hybridized carbons (Fsp3) is 0.333. The van der Waals surface area contributed by atoms with E-state index in [9.17, 15) is 4.39 Å². The molecule has 0 bridgehead atoms. The molecule has 0 aromatic heterocycles. The average molecular weight is 100 g/mol. The van der Waals surface area contributed by atoms with Crippen molar-refractivity contribution in [1.29, 1.82) is 0 Å². The van der Waals surface area contributed by atoms with Gasteiger partial charge in [0.2, 0.25) is 0 Å². The van der Waals surface area contributed by atoms with Gasteiger partial charge in [0.15, 0.2) is 0 Å². The van der Waals surface area contributed by atoms with Crippen LogP contribution >= 0.6 is 0 Å². The van der Waals surface area contributed by atoms with Crippen molar-refractivity contribution in [3.05, 3.63) is 24.1 Å². The Balaban J connectivity index is 3.98. The molecule has 0 radical (unpaired) electrons. The van der Waals surface area contributed by atoms with Crippen molar-refractivity contribution in [3.8, 4) is 0 Å². The van der Waals surface area contributed by atoms with Gasteiger partial charge >= 0.3 is 0 Å². The van der Waals surface area contributed by atoms with Crippen LogP contribution in [-0.4, -0.2) is 0 Å². The summed E-state index contributed by atoms with van der Waals surface area (Å²) in [5.74, 6) is -0.157. The lowest BCUT2D eigenvalue weighted by Gasteiger charge is -1.85. The minimum atomic E-state index is -0.157. The molecular weight excluding hydrogens is 91.1 g/mol. The summed E-state index contributed by atoms with van der Waals surface area (Å²) in [6, 6.07) is 0. The van der Waals surface area contributed by atoms with E-state index in [1.807, 2.05) is 0 Å². The van der Waals surface area contributed by atoms with Gasteiger partial charge in [0.05, 0.1) is 5.83 Å². The summed E-state index contributed by atoms with van der Waals surface area (Å²) in [5, 5.41) is 0. The second-order valence-corrected chi connectivity index (χ2v) is 1.42. The van der Waals surface area contributed by atoms with E-state index in [1.165, 1.54) is 13.0 Å². The second-order valence-electron chi connectivity index (χ2n) is 1.42. The highest BCUT2D eigenvalue weighted by atomic mass is 19.1. The third-order valence-electron chi connectivity index (χ3n) is 0.850. The molecule has 0 saturated heterocycles. The van der Waals surface area contributed by atoms with Crippen molar-refractivity contribution in [2.75, 3.05) is 0 Å². The SMILES string of the molecule is C=C/C(C)=C(\C)F. The molecule has 0 aliphatic heterocycles. The summed E-state index contributed by atoms with van der Waals surface area (Å²) in [4.78, 5) is 0. The fourth-order valence-corrected chi connectivity index (χ4v) is 0.141. The van der Waals surface area contributed by atoms with Crippen LogP contribution in [0, 0.1) is 0 Å². The highest BCUT2D eigenvalue weighted by Crippen LogP contribution is 2.02. The highest BCUT2D eigenvalue weighted by molar-refractivity contribution is 5.15. The standard InChI is InChI=1S/C6H9F/c1-4-5(2)6(3)7/h4H,1H2,2-3H3/b6-5+. The average Bonchev–Trinajstić information content (AvgIpc) is 1.65. The summed E-state index contributed by atoms with van der Waals surface area (Å²) in [5.41, 5.74) is 0.611. The van der Waals surface area contributed by atoms with Crippen LogP contribution < -0.4 is 0 Å². The van der Waals surface area contributed by atoms with E-state index in [0.717, 1.165) is 0 Å². The van der Waals surface area contributed by atoms with E-state index in [2.05, 4.69) is 6.58 Å². The lowest BCUT2D eigenvalue weighted by atomic mass is 10.3. The molecule has 0 spiro atoms. The molecule has 7 heavy (non-hydrogen) atoms. The minimum Gasteiger partial charge on any atom is -0.212 e. The van der Waals surface area contributed by atoms with Crippen LogP contribution in [0.3, 0.4) is 0 Å². The lowest BCUT2D eigenvalue weighted by molar-refractivity contribution is 0.631. The molecule has 0 N–H and O–H groups in total. The molecule has 0 aliphatic rings. The zero-order valence-electron chi connectivity index (χ0n) is 4.66. The minimum absolute atomic E-state index is 0.157. The molecule has 0 saturated carbocycles. The molecule has 0 unspecified atom stereocenters. The maximum Gasteiger partial charge on any atom is 0.0997 e. The van der Waals surface area contributed by atoms with E-state index in [0.29, 0.717) is 5.57 Å². The van der Waals surface area contributed by atoms with E-state index >= 15 is 0 Å². The van der Waals surface area contributed by atoms with E-state index in [1.54, 1.807) is 6.92 Å². The van der Waals surface area contributed by atoms with Gasteiger partial charge in [-0.2, -0.15) is 0 Å². The van der Waals surface area contributed by atoms with Crippen LogP contribution in [0.5, 0.6) is 0 Å². The van der Waals surface area contributed by atoms with Crippen molar-refractivity contribution >= 4 is 0 Å². The van der Waals surface area contributed by atoms with E-state index in [4.69, 9.17) is 0 Å². The Bertz CT molecular complexity index is 96.7. The number of rotatable bonds is 1. The predicted molar refractivity (Wildman–Crippen MR) is 29.7 cm³/mol. The van der Waals surface area contributed by atoms with Gasteiger partial charge < -0.3 is 0 Å². The first-order valence-electron chi connectivity index (χ1n) is 2.14. The first-order chi connectivity index (χ1) is 3.18. The molecule has 0 nitrogen and oxygen atoms in total.